The lowest BCUT2D eigenvalue weighted by molar-refractivity contribution is 0.166. The standard InChI is InChI=1S/C25H33N5O2.HI/c1-3-26-25(27-11-9-22-16-30-12-5-4-6-24(30)29-22)28-15-21-8-7-19(2)14-23(21)32-18-20-10-13-31-17-20;/h4-8,12,14,16,20H,3,9-11,13,15,17-18H2,1-2H3,(H2,26,27,28);1H. The molecule has 0 spiro atoms. The molecule has 1 fully saturated rings. The van der Waals surface area contributed by atoms with Crippen molar-refractivity contribution in [1.29, 1.82) is 0 Å². The van der Waals surface area contributed by atoms with Crippen LogP contribution in [-0.4, -0.2) is 48.3 Å². The lowest BCUT2D eigenvalue weighted by Gasteiger charge is -2.15. The number of hydrogen-bond donors (Lipinski definition) is 2. The van der Waals surface area contributed by atoms with E-state index in [9.17, 15) is 0 Å². The van der Waals surface area contributed by atoms with Crippen molar-refractivity contribution >= 4 is 35.6 Å². The van der Waals surface area contributed by atoms with Crippen molar-refractivity contribution in [3.05, 3.63) is 65.6 Å². The molecule has 7 nitrogen and oxygen atoms in total. The van der Waals surface area contributed by atoms with E-state index in [0.717, 1.165) is 67.8 Å². The number of rotatable bonds is 9. The number of nitrogens with zero attached hydrogens (tertiary/aromatic N) is 3. The zero-order chi connectivity index (χ0) is 22.2. The molecule has 1 saturated heterocycles. The first-order valence-electron chi connectivity index (χ1n) is 11.5. The van der Waals surface area contributed by atoms with Crippen molar-refractivity contribution in [3.63, 3.8) is 0 Å². The number of ether oxygens (including phenoxy) is 2. The molecule has 1 aromatic carbocycles. The summed E-state index contributed by atoms with van der Waals surface area (Å²) in [6, 6.07) is 12.4. The predicted octanol–water partition coefficient (Wildman–Crippen LogP) is 3.97. The van der Waals surface area contributed by atoms with E-state index in [1.54, 1.807) is 0 Å². The van der Waals surface area contributed by atoms with Gasteiger partial charge in [0.25, 0.3) is 0 Å². The average Bonchev–Trinajstić information content (AvgIpc) is 3.46. The van der Waals surface area contributed by atoms with Crippen LogP contribution in [0.4, 0.5) is 0 Å². The fourth-order valence-electron chi connectivity index (χ4n) is 3.77. The van der Waals surface area contributed by atoms with Gasteiger partial charge in [0.1, 0.15) is 11.4 Å². The van der Waals surface area contributed by atoms with Crippen LogP contribution in [0.5, 0.6) is 5.75 Å². The van der Waals surface area contributed by atoms with Crippen molar-refractivity contribution in [3.8, 4) is 5.75 Å². The number of pyridine rings is 1. The van der Waals surface area contributed by atoms with Crippen LogP contribution in [0, 0.1) is 12.8 Å². The summed E-state index contributed by atoms with van der Waals surface area (Å²) in [6.45, 7) is 8.60. The minimum atomic E-state index is 0. The number of aromatic nitrogens is 2. The highest BCUT2D eigenvalue weighted by Gasteiger charge is 2.17. The first-order valence-corrected chi connectivity index (χ1v) is 11.5. The Morgan fingerprint density at radius 1 is 1.27 bits per heavy atom. The van der Waals surface area contributed by atoms with Gasteiger partial charge in [0.15, 0.2) is 5.96 Å². The van der Waals surface area contributed by atoms with Crippen LogP contribution in [0.3, 0.4) is 0 Å². The first-order chi connectivity index (χ1) is 15.7. The third kappa shape index (κ3) is 7.33. The zero-order valence-corrected chi connectivity index (χ0v) is 21.7. The number of fused-ring (bicyclic) bond motifs is 1. The first kappa shape index (κ1) is 25.3. The van der Waals surface area contributed by atoms with E-state index in [-0.39, 0.29) is 24.0 Å². The van der Waals surface area contributed by atoms with Gasteiger partial charge in [-0.05, 0) is 44.0 Å². The molecule has 8 heteroatoms. The molecule has 178 valence electrons. The minimum absolute atomic E-state index is 0. The number of aliphatic imine (C=N–C) groups is 1. The molecule has 0 radical (unpaired) electrons. The Labute approximate surface area is 213 Å². The fourth-order valence-corrected chi connectivity index (χ4v) is 3.77. The quantitative estimate of drug-likeness (QED) is 0.234. The normalized spacial score (nSPS) is 15.9. The van der Waals surface area contributed by atoms with Crippen LogP contribution in [0.1, 0.15) is 30.2 Å². The Bertz CT molecular complexity index is 1010. The number of nitrogens with one attached hydrogen (secondary N) is 2. The van der Waals surface area contributed by atoms with Crippen LogP contribution in [0.25, 0.3) is 5.65 Å². The SMILES string of the molecule is CCNC(=NCc1ccc(C)cc1OCC1CCOC1)NCCc1cn2ccccc2n1.I. The molecule has 3 aromatic rings. The van der Waals surface area contributed by atoms with Gasteiger partial charge in [-0.25, -0.2) is 9.98 Å². The Kier molecular flexibility index (Phi) is 9.80. The van der Waals surface area contributed by atoms with Crippen molar-refractivity contribution in [2.45, 2.75) is 33.2 Å². The van der Waals surface area contributed by atoms with Gasteiger partial charge in [0.2, 0.25) is 0 Å². The van der Waals surface area contributed by atoms with Gasteiger partial charge in [-0.1, -0.05) is 18.2 Å². The van der Waals surface area contributed by atoms with Crippen molar-refractivity contribution < 1.29 is 9.47 Å². The van der Waals surface area contributed by atoms with E-state index in [2.05, 4.69) is 53.9 Å². The Morgan fingerprint density at radius 3 is 2.97 bits per heavy atom. The summed E-state index contributed by atoms with van der Waals surface area (Å²) in [5, 5.41) is 6.75. The highest BCUT2D eigenvalue weighted by Crippen LogP contribution is 2.23. The summed E-state index contributed by atoms with van der Waals surface area (Å²) in [6.07, 6.45) is 5.99. The van der Waals surface area contributed by atoms with E-state index in [1.165, 1.54) is 5.56 Å². The number of aryl methyl sites for hydroxylation is 1. The number of benzene rings is 1. The maximum atomic E-state index is 6.16. The van der Waals surface area contributed by atoms with Gasteiger partial charge < -0.3 is 24.5 Å². The molecule has 0 aliphatic carbocycles. The van der Waals surface area contributed by atoms with Gasteiger partial charge in [-0.3, -0.25) is 0 Å². The van der Waals surface area contributed by atoms with E-state index in [0.29, 0.717) is 19.1 Å². The molecule has 1 aliphatic heterocycles. The van der Waals surface area contributed by atoms with Gasteiger partial charge in [0, 0.05) is 50.0 Å². The van der Waals surface area contributed by atoms with Gasteiger partial charge >= 0.3 is 0 Å². The third-order valence-corrected chi connectivity index (χ3v) is 5.56. The van der Waals surface area contributed by atoms with Gasteiger partial charge in [-0.2, -0.15) is 0 Å². The van der Waals surface area contributed by atoms with Crippen LogP contribution < -0.4 is 15.4 Å². The van der Waals surface area contributed by atoms with Crippen LogP contribution in [-0.2, 0) is 17.7 Å². The molecule has 4 rings (SSSR count). The summed E-state index contributed by atoms with van der Waals surface area (Å²) < 4.78 is 13.7. The van der Waals surface area contributed by atoms with Crippen molar-refractivity contribution in [2.75, 3.05) is 32.9 Å². The Balaban J connectivity index is 0.00000306. The molecular weight excluding hydrogens is 529 g/mol. The van der Waals surface area contributed by atoms with E-state index < -0.39 is 0 Å². The smallest absolute Gasteiger partial charge is 0.191 e. The number of halogens is 1. The zero-order valence-electron chi connectivity index (χ0n) is 19.4. The van der Waals surface area contributed by atoms with Gasteiger partial charge in [-0.15, -0.1) is 24.0 Å². The molecule has 3 heterocycles. The maximum absolute atomic E-state index is 6.16. The molecule has 0 amide bonds. The predicted molar refractivity (Wildman–Crippen MR) is 143 cm³/mol. The topological polar surface area (TPSA) is 72.2 Å². The molecule has 1 atom stereocenters. The number of hydrogen-bond acceptors (Lipinski definition) is 4. The second-order valence-corrected chi connectivity index (χ2v) is 8.22. The van der Waals surface area contributed by atoms with Crippen molar-refractivity contribution in [2.24, 2.45) is 10.9 Å². The van der Waals surface area contributed by atoms with Crippen LogP contribution >= 0.6 is 24.0 Å². The lowest BCUT2D eigenvalue weighted by atomic mass is 10.1. The fraction of sp³-hybridized carbons (Fsp3) is 0.440. The summed E-state index contributed by atoms with van der Waals surface area (Å²) >= 11 is 0. The summed E-state index contributed by atoms with van der Waals surface area (Å²) in [7, 11) is 0. The summed E-state index contributed by atoms with van der Waals surface area (Å²) in [5.74, 6) is 2.19. The average molecular weight is 563 g/mol. The summed E-state index contributed by atoms with van der Waals surface area (Å²) in [4.78, 5) is 9.45. The second kappa shape index (κ2) is 12.8. The molecule has 2 aromatic heterocycles. The third-order valence-electron chi connectivity index (χ3n) is 5.56. The largest absolute Gasteiger partial charge is 0.493 e. The van der Waals surface area contributed by atoms with Gasteiger partial charge in [0.05, 0.1) is 25.5 Å². The maximum Gasteiger partial charge on any atom is 0.191 e. The number of guanidine groups is 1. The van der Waals surface area contributed by atoms with Crippen molar-refractivity contribution in [1.82, 2.24) is 20.0 Å². The summed E-state index contributed by atoms with van der Waals surface area (Å²) in [5.41, 5.74) is 4.31. The molecule has 1 aliphatic rings. The molecule has 2 N–H and O–H groups in total. The Morgan fingerprint density at radius 2 is 2.18 bits per heavy atom. The number of imidazole rings is 1. The Hall–Kier alpha value is -2.33. The van der Waals surface area contributed by atoms with Crippen LogP contribution in [0.2, 0.25) is 0 Å². The highest BCUT2D eigenvalue weighted by molar-refractivity contribution is 14.0. The van der Waals surface area contributed by atoms with E-state index in [4.69, 9.17) is 14.5 Å². The molecular formula is C25H34IN5O2. The molecule has 0 bridgehead atoms. The molecule has 33 heavy (non-hydrogen) atoms. The lowest BCUT2D eigenvalue weighted by Crippen LogP contribution is -2.38. The monoisotopic (exact) mass is 563 g/mol. The highest BCUT2D eigenvalue weighted by atomic mass is 127. The molecule has 0 saturated carbocycles. The second-order valence-electron chi connectivity index (χ2n) is 8.22. The van der Waals surface area contributed by atoms with E-state index >= 15 is 0 Å². The van der Waals surface area contributed by atoms with Crippen LogP contribution in [0.15, 0.2) is 53.8 Å². The van der Waals surface area contributed by atoms with E-state index in [1.807, 2.05) is 28.8 Å². The molecule has 1 unspecified atom stereocenters. The minimum Gasteiger partial charge on any atom is -0.493 e.